The summed E-state index contributed by atoms with van der Waals surface area (Å²) in [5.41, 5.74) is -0.939. The lowest BCUT2D eigenvalue weighted by molar-refractivity contribution is 0.0653. The van der Waals surface area contributed by atoms with E-state index < -0.39 is 29.0 Å². The van der Waals surface area contributed by atoms with Crippen LogP contribution in [0.1, 0.15) is 10.4 Å². The first kappa shape index (κ1) is 10.3. The first-order valence-corrected chi connectivity index (χ1v) is 3.52. The van der Waals surface area contributed by atoms with Crippen LogP contribution in [-0.4, -0.2) is 5.97 Å². The van der Waals surface area contributed by atoms with Gasteiger partial charge in [0.25, 0.3) is 0 Å². The number of ether oxygens (including phenoxy) is 1. The summed E-state index contributed by atoms with van der Waals surface area (Å²) in [4.78, 5) is 10.9. The molecule has 5 heteroatoms. The Balaban J connectivity index is 3.20. The minimum Gasteiger partial charge on any atom is -0.431 e. The van der Waals surface area contributed by atoms with Gasteiger partial charge in [0.1, 0.15) is 23.0 Å². The molecule has 1 aromatic rings. The molecule has 0 fully saturated rings. The van der Waals surface area contributed by atoms with Gasteiger partial charge in [0.15, 0.2) is 0 Å². The Morgan fingerprint density at radius 2 is 1.79 bits per heavy atom. The van der Waals surface area contributed by atoms with Crippen molar-refractivity contribution in [3.8, 4) is 0 Å². The van der Waals surface area contributed by atoms with E-state index in [-0.39, 0.29) is 0 Å². The zero-order chi connectivity index (χ0) is 10.7. The van der Waals surface area contributed by atoms with E-state index in [1.54, 1.807) is 0 Å². The van der Waals surface area contributed by atoms with Crippen molar-refractivity contribution in [1.29, 1.82) is 0 Å². The molecule has 0 heterocycles. The third-order valence-electron chi connectivity index (χ3n) is 1.40. The summed E-state index contributed by atoms with van der Waals surface area (Å²) >= 11 is 0. The van der Waals surface area contributed by atoms with Gasteiger partial charge in [0.05, 0.1) is 6.26 Å². The summed E-state index contributed by atoms with van der Waals surface area (Å²) in [6.07, 6.45) is 0.727. The van der Waals surface area contributed by atoms with Crippen LogP contribution in [0.2, 0.25) is 0 Å². The van der Waals surface area contributed by atoms with Gasteiger partial charge < -0.3 is 4.74 Å². The molecule has 0 aliphatic carbocycles. The highest BCUT2D eigenvalue weighted by atomic mass is 19.1. The summed E-state index contributed by atoms with van der Waals surface area (Å²) < 4.78 is 42.3. The first-order chi connectivity index (χ1) is 6.56. The topological polar surface area (TPSA) is 26.3 Å². The Labute approximate surface area is 77.6 Å². The van der Waals surface area contributed by atoms with Gasteiger partial charge in [0.2, 0.25) is 0 Å². The number of carbonyl (C=O) groups excluding carboxylic acids is 1. The van der Waals surface area contributed by atoms with Crippen molar-refractivity contribution in [3.63, 3.8) is 0 Å². The number of rotatable bonds is 2. The van der Waals surface area contributed by atoms with Crippen LogP contribution in [0.25, 0.3) is 0 Å². The molecule has 0 unspecified atom stereocenters. The van der Waals surface area contributed by atoms with E-state index >= 15 is 0 Å². The van der Waals surface area contributed by atoms with Gasteiger partial charge in [0, 0.05) is 12.1 Å². The quantitative estimate of drug-likeness (QED) is 0.543. The minimum absolute atomic E-state index is 0.392. The molecule has 0 N–H and O–H groups in total. The van der Waals surface area contributed by atoms with Crippen molar-refractivity contribution in [2.24, 2.45) is 0 Å². The van der Waals surface area contributed by atoms with Crippen molar-refractivity contribution in [3.05, 3.63) is 48.0 Å². The molecule has 0 aliphatic heterocycles. The molecule has 0 atom stereocenters. The van der Waals surface area contributed by atoms with Gasteiger partial charge in [-0.25, -0.2) is 18.0 Å². The number of hydrogen-bond acceptors (Lipinski definition) is 2. The van der Waals surface area contributed by atoms with Gasteiger partial charge in [-0.2, -0.15) is 0 Å². The molecule has 1 aromatic carbocycles. The number of esters is 1. The molecule has 0 radical (unpaired) electrons. The maximum atomic E-state index is 12.9. The van der Waals surface area contributed by atoms with E-state index in [1.807, 2.05) is 0 Å². The van der Waals surface area contributed by atoms with Crippen molar-refractivity contribution in [1.82, 2.24) is 0 Å². The van der Waals surface area contributed by atoms with Crippen molar-refractivity contribution in [2.75, 3.05) is 0 Å². The molecule has 0 bridgehead atoms. The second kappa shape index (κ2) is 3.95. The van der Waals surface area contributed by atoms with Gasteiger partial charge in [-0.05, 0) is 0 Å². The van der Waals surface area contributed by atoms with Crippen LogP contribution >= 0.6 is 0 Å². The number of benzene rings is 1. The average Bonchev–Trinajstić information content (AvgIpc) is 2.01. The predicted octanol–water partition coefficient (Wildman–Crippen LogP) is 2.40. The Kier molecular flexibility index (Phi) is 2.91. The SMILES string of the molecule is C=COC(=O)c1c(F)cc(F)cc1F. The molecule has 2 nitrogen and oxygen atoms in total. The Hall–Kier alpha value is -1.78. The fourth-order valence-electron chi connectivity index (χ4n) is 0.872. The van der Waals surface area contributed by atoms with Gasteiger partial charge in [-0.3, -0.25) is 0 Å². The Bertz CT molecular complexity index is 365. The summed E-state index contributed by atoms with van der Waals surface area (Å²) in [6.45, 7) is 3.04. The summed E-state index contributed by atoms with van der Waals surface area (Å²) in [5, 5.41) is 0. The monoisotopic (exact) mass is 202 g/mol. The zero-order valence-electron chi connectivity index (χ0n) is 6.89. The predicted molar refractivity (Wildman–Crippen MR) is 41.9 cm³/mol. The molecule has 0 aliphatic rings. The fraction of sp³-hybridized carbons (Fsp3) is 0. The van der Waals surface area contributed by atoms with Gasteiger partial charge in [-0.15, -0.1) is 0 Å². The van der Waals surface area contributed by atoms with E-state index in [1.165, 1.54) is 0 Å². The summed E-state index contributed by atoms with van der Waals surface area (Å²) in [5.74, 6) is -4.98. The molecular weight excluding hydrogens is 197 g/mol. The van der Waals surface area contributed by atoms with Crippen LogP contribution < -0.4 is 0 Å². The average molecular weight is 202 g/mol. The van der Waals surface area contributed by atoms with Crippen LogP contribution in [0.5, 0.6) is 0 Å². The lowest BCUT2D eigenvalue weighted by atomic mass is 10.2. The van der Waals surface area contributed by atoms with Crippen molar-refractivity contribution < 1.29 is 22.7 Å². The number of halogens is 3. The zero-order valence-corrected chi connectivity index (χ0v) is 6.89. The number of carbonyl (C=O) groups is 1. The van der Waals surface area contributed by atoms with Crippen LogP contribution in [0.4, 0.5) is 13.2 Å². The lowest BCUT2D eigenvalue weighted by Gasteiger charge is -2.02. The number of hydrogen-bond donors (Lipinski definition) is 0. The third kappa shape index (κ3) is 1.93. The van der Waals surface area contributed by atoms with Gasteiger partial charge in [-0.1, -0.05) is 6.58 Å². The van der Waals surface area contributed by atoms with Crippen LogP contribution in [-0.2, 0) is 4.74 Å². The maximum Gasteiger partial charge on any atom is 0.348 e. The minimum atomic E-state index is -1.31. The van der Waals surface area contributed by atoms with Crippen LogP contribution in [0, 0.1) is 17.5 Å². The van der Waals surface area contributed by atoms with E-state index in [2.05, 4.69) is 11.3 Å². The highest BCUT2D eigenvalue weighted by Crippen LogP contribution is 2.15. The molecule has 14 heavy (non-hydrogen) atoms. The molecule has 0 spiro atoms. The van der Waals surface area contributed by atoms with E-state index in [0.29, 0.717) is 12.1 Å². The molecule has 0 saturated carbocycles. The molecule has 0 amide bonds. The summed E-state index contributed by atoms with van der Waals surface area (Å²) in [6, 6.07) is 0.783. The van der Waals surface area contributed by atoms with Gasteiger partial charge >= 0.3 is 5.97 Å². The third-order valence-corrected chi connectivity index (χ3v) is 1.40. The maximum absolute atomic E-state index is 12.9. The molecule has 0 aromatic heterocycles. The highest BCUT2D eigenvalue weighted by Gasteiger charge is 2.19. The smallest absolute Gasteiger partial charge is 0.348 e. The molecule has 1 rings (SSSR count). The normalized spacial score (nSPS) is 9.64. The van der Waals surface area contributed by atoms with E-state index in [9.17, 15) is 18.0 Å². The molecule has 0 saturated heterocycles. The van der Waals surface area contributed by atoms with Crippen molar-refractivity contribution >= 4 is 5.97 Å². The molecule has 74 valence electrons. The largest absolute Gasteiger partial charge is 0.431 e. The van der Waals surface area contributed by atoms with E-state index in [4.69, 9.17) is 0 Å². The van der Waals surface area contributed by atoms with E-state index in [0.717, 1.165) is 6.26 Å². The standard InChI is InChI=1S/C9H5F3O2/c1-2-14-9(13)8-6(11)3-5(10)4-7(8)12/h2-4H,1H2. The second-order valence-corrected chi connectivity index (χ2v) is 2.32. The lowest BCUT2D eigenvalue weighted by Crippen LogP contribution is -2.07. The summed E-state index contributed by atoms with van der Waals surface area (Å²) in [7, 11) is 0. The molecular formula is C9H5F3O2. The highest BCUT2D eigenvalue weighted by molar-refractivity contribution is 5.90. The Morgan fingerprint density at radius 3 is 2.21 bits per heavy atom. The van der Waals surface area contributed by atoms with Crippen molar-refractivity contribution in [2.45, 2.75) is 0 Å². The first-order valence-electron chi connectivity index (χ1n) is 3.52. The fourth-order valence-corrected chi connectivity index (χ4v) is 0.872. The van der Waals surface area contributed by atoms with Crippen LogP contribution in [0.3, 0.4) is 0 Å². The second-order valence-electron chi connectivity index (χ2n) is 2.32. The Morgan fingerprint density at radius 1 is 1.29 bits per heavy atom. The van der Waals surface area contributed by atoms with Crippen LogP contribution in [0.15, 0.2) is 25.0 Å².